The van der Waals surface area contributed by atoms with Gasteiger partial charge in [-0.15, -0.1) is 0 Å². The Kier molecular flexibility index (Phi) is 10.6. The van der Waals surface area contributed by atoms with Gasteiger partial charge in [-0.05, 0) is 43.2 Å². The Morgan fingerprint density at radius 1 is 1.00 bits per heavy atom. The highest BCUT2D eigenvalue weighted by Gasteiger charge is 2.23. The van der Waals surface area contributed by atoms with Crippen LogP contribution in [0.15, 0.2) is 53.7 Å². The van der Waals surface area contributed by atoms with Crippen molar-refractivity contribution in [2.24, 2.45) is 0 Å². The van der Waals surface area contributed by atoms with Crippen LogP contribution in [0.1, 0.15) is 12.5 Å². The summed E-state index contributed by atoms with van der Waals surface area (Å²) in [6, 6.07) is 15.7. The molecule has 1 aliphatic heterocycles. The normalized spacial score (nSPS) is 13.2. The lowest BCUT2D eigenvalue weighted by atomic mass is 10.1. The van der Waals surface area contributed by atoms with Crippen LogP contribution in [0.5, 0.6) is 17.2 Å². The first-order valence-electron chi connectivity index (χ1n) is 13.3. The van der Waals surface area contributed by atoms with Crippen molar-refractivity contribution in [1.82, 2.24) is 14.9 Å². The summed E-state index contributed by atoms with van der Waals surface area (Å²) in [5.74, 6) is 3.31. The summed E-state index contributed by atoms with van der Waals surface area (Å²) in [6.07, 6.45) is 0.778. The lowest BCUT2D eigenvalue weighted by molar-refractivity contribution is -0.128. The van der Waals surface area contributed by atoms with Crippen LogP contribution < -0.4 is 24.0 Å². The Labute approximate surface area is 245 Å². The maximum atomic E-state index is 13.0. The average Bonchev–Trinajstić information content (AvgIpc) is 2.98. The van der Waals surface area contributed by atoms with Gasteiger partial charge >= 0.3 is 0 Å². The molecular weight excluding hydrogens is 550 g/mol. The molecule has 4 rings (SSSR count). The molecule has 2 aromatic carbocycles. The number of anilines is 2. The second-order valence-corrected chi connectivity index (χ2v) is 10.6. The van der Waals surface area contributed by atoms with Crippen LogP contribution in [-0.2, 0) is 11.2 Å². The van der Waals surface area contributed by atoms with Crippen LogP contribution in [0.25, 0.3) is 0 Å². The largest absolute Gasteiger partial charge is 0.493 e. The van der Waals surface area contributed by atoms with E-state index >= 15 is 0 Å². The third kappa shape index (κ3) is 7.63. The number of carbonyl (C=O) groups is 1. The standard InChI is InChI=1S/C29H36ClN5O4S/c1-5-39-23-9-7-6-8-22(23)34-14-16-35(17-15-34)28(36)20-40-29-31-26(30)19-27(32-29)33(2)13-12-21-10-11-24(37-3)25(18-21)38-4/h6-11,18-19H,5,12-17,20H2,1-4H3. The highest BCUT2D eigenvalue weighted by Crippen LogP contribution is 2.30. The van der Waals surface area contributed by atoms with Crippen molar-refractivity contribution in [1.29, 1.82) is 0 Å². The van der Waals surface area contributed by atoms with Crippen LogP contribution >= 0.6 is 23.4 Å². The Hall–Kier alpha value is -3.37. The van der Waals surface area contributed by atoms with Crippen molar-refractivity contribution in [2.75, 3.05) is 76.2 Å². The predicted molar refractivity (Wildman–Crippen MR) is 161 cm³/mol. The summed E-state index contributed by atoms with van der Waals surface area (Å²) < 4.78 is 16.5. The number of hydrogen-bond acceptors (Lipinski definition) is 9. The monoisotopic (exact) mass is 585 g/mol. The SMILES string of the molecule is CCOc1ccccc1N1CCN(C(=O)CSc2nc(Cl)cc(N(C)CCc3ccc(OC)c(OC)c3)n2)CC1. The number of hydrogen-bond donors (Lipinski definition) is 0. The average molecular weight is 586 g/mol. The Balaban J connectivity index is 1.29. The molecule has 0 saturated carbocycles. The molecule has 40 heavy (non-hydrogen) atoms. The summed E-state index contributed by atoms with van der Waals surface area (Å²) in [6.45, 7) is 6.12. The first kappa shape index (κ1) is 29.6. The third-order valence-electron chi connectivity index (χ3n) is 6.70. The van der Waals surface area contributed by atoms with Gasteiger partial charge in [0.2, 0.25) is 5.91 Å². The van der Waals surface area contributed by atoms with Crippen LogP contribution in [-0.4, -0.2) is 87.1 Å². The van der Waals surface area contributed by atoms with Crippen molar-refractivity contribution in [3.63, 3.8) is 0 Å². The van der Waals surface area contributed by atoms with Gasteiger partial charge in [-0.3, -0.25) is 4.79 Å². The topological polar surface area (TPSA) is 80.3 Å². The smallest absolute Gasteiger partial charge is 0.233 e. The number of halogens is 1. The molecule has 0 unspecified atom stereocenters. The first-order chi connectivity index (χ1) is 19.4. The van der Waals surface area contributed by atoms with Gasteiger partial charge in [0.05, 0.1) is 32.3 Å². The molecule has 1 fully saturated rings. The Bertz CT molecular complexity index is 1290. The molecule has 1 aliphatic rings. The van der Waals surface area contributed by atoms with E-state index in [-0.39, 0.29) is 11.7 Å². The number of piperazine rings is 1. The number of thioether (sulfide) groups is 1. The van der Waals surface area contributed by atoms with Crippen molar-refractivity contribution in [3.05, 3.63) is 59.2 Å². The summed E-state index contributed by atoms with van der Waals surface area (Å²) in [5.41, 5.74) is 2.19. The van der Waals surface area contributed by atoms with Gasteiger partial charge in [0.25, 0.3) is 0 Å². The molecule has 0 atom stereocenters. The maximum absolute atomic E-state index is 13.0. The molecule has 214 valence electrons. The van der Waals surface area contributed by atoms with E-state index in [9.17, 15) is 4.79 Å². The van der Waals surface area contributed by atoms with E-state index in [1.54, 1.807) is 20.3 Å². The number of amides is 1. The minimum absolute atomic E-state index is 0.0645. The van der Waals surface area contributed by atoms with Gasteiger partial charge < -0.3 is 28.9 Å². The molecule has 0 aliphatic carbocycles. The zero-order chi connectivity index (χ0) is 28.5. The number of para-hydroxylation sites is 2. The van der Waals surface area contributed by atoms with Gasteiger partial charge in [-0.25, -0.2) is 9.97 Å². The first-order valence-corrected chi connectivity index (χ1v) is 14.6. The van der Waals surface area contributed by atoms with Gasteiger partial charge in [0.1, 0.15) is 16.7 Å². The molecule has 2 heterocycles. The minimum Gasteiger partial charge on any atom is -0.493 e. The summed E-state index contributed by atoms with van der Waals surface area (Å²) in [5, 5.41) is 0.831. The highest BCUT2D eigenvalue weighted by atomic mass is 35.5. The lowest BCUT2D eigenvalue weighted by Gasteiger charge is -2.36. The van der Waals surface area contributed by atoms with Gasteiger partial charge in [-0.2, -0.15) is 0 Å². The molecule has 1 amide bonds. The maximum Gasteiger partial charge on any atom is 0.233 e. The van der Waals surface area contributed by atoms with E-state index < -0.39 is 0 Å². The van der Waals surface area contributed by atoms with Crippen molar-refractivity contribution >= 4 is 40.8 Å². The number of benzene rings is 2. The molecular formula is C29H36ClN5O4S. The molecule has 0 spiro atoms. The number of nitrogens with zero attached hydrogens (tertiary/aromatic N) is 5. The third-order valence-corrected chi connectivity index (χ3v) is 7.72. The number of rotatable bonds is 12. The fourth-order valence-electron chi connectivity index (χ4n) is 4.50. The van der Waals surface area contributed by atoms with E-state index in [2.05, 4.69) is 20.9 Å². The number of methoxy groups -OCH3 is 2. The zero-order valence-electron chi connectivity index (χ0n) is 23.4. The number of carbonyl (C=O) groups excluding carboxylic acids is 1. The predicted octanol–water partition coefficient (Wildman–Crippen LogP) is 4.67. The van der Waals surface area contributed by atoms with E-state index in [4.69, 9.17) is 25.8 Å². The number of likely N-dealkylation sites (N-methyl/N-ethyl adjacent to an activating group) is 1. The van der Waals surface area contributed by atoms with Crippen LogP contribution in [0.2, 0.25) is 5.15 Å². The molecule has 0 radical (unpaired) electrons. The minimum atomic E-state index is 0.0645. The van der Waals surface area contributed by atoms with E-state index in [1.165, 1.54) is 11.8 Å². The van der Waals surface area contributed by atoms with E-state index in [0.29, 0.717) is 53.9 Å². The fraction of sp³-hybridized carbons (Fsp3) is 0.414. The summed E-state index contributed by atoms with van der Waals surface area (Å²) in [4.78, 5) is 28.2. The molecule has 9 nitrogen and oxygen atoms in total. The van der Waals surface area contributed by atoms with E-state index in [0.717, 1.165) is 36.5 Å². The molecule has 0 N–H and O–H groups in total. The zero-order valence-corrected chi connectivity index (χ0v) is 25.0. The quantitative estimate of drug-likeness (QED) is 0.171. The van der Waals surface area contributed by atoms with Crippen molar-refractivity contribution < 1.29 is 19.0 Å². The number of ether oxygens (including phenoxy) is 3. The highest BCUT2D eigenvalue weighted by molar-refractivity contribution is 7.99. The second kappa shape index (κ2) is 14.3. The van der Waals surface area contributed by atoms with Crippen LogP contribution in [0.4, 0.5) is 11.5 Å². The van der Waals surface area contributed by atoms with Crippen molar-refractivity contribution in [3.8, 4) is 17.2 Å². The van der Waals surface area contributed by atoms with Gasteiger partial charge in [0.15, 0.2) is 16.7 Å². The molecule has 11 heteroatoms. The second-order valence-electron chi connectivity index (χ2n) is 9.25. The van der Waals surface area contributed by atoms with Crippen LogP contribution in [0, 0.1) is 0 Å². The van der Waals surface area contributed by atoms with Gasteiger partial charge in [-0.1, -0.05) is 41.6 Å². The lowest BCUT2D eigenvalue weighted by Crippen LogP contribution is -2.49. The summed E-state index contributed by atoms with van der Waals surface area (Å²) in [7, 11) is 5.21. The van der Waals surface area contributed by atoms with Crippen molar-refractivity contribution in [2.45, 2.75) is 18.5 Å². The molecule has 0 bridgehead atoms. The van der Waals surface area contributed by atoms with E-state index in [1.807, 2.05) is 60.2 Å². The Morgan fingerprint density at radius 2 is 1.75 bits per heavy atom. The Morgan fingerprint density at radius 3 is 2.48 bits per heavy atom. The molecule has 1 saturated heterocycles. The van der Waals surface area contributed by atoms with Crippen LogP contribution in [0.3, 0.4) is 0 Å². The molecule has 1 aromatic heterocycles. The van der Waals surface area contributed by atoms with Gasteiger partial charge in [0, 0.05) is 45.8 Å². The fourth-order valence-corrected chi connectivity index (χ4v) is 5.49. The number of aromatic nitrogens is 2. The molecule has 3 aromatic rings. The summed E-state index contributed by atoms with van der Waals surface area (Å²) >= 11 is 7.63.